The molecule has 1 aliphatic carbocycles. The Balaban J connectivity index is 2.15. The van der Waals surface area contributed by atoms with E-state index in [1.807, 2.05) is 20.8 Å². The van der Waals surface area contributed by atoms with Crippen LogP contribution >= 0.6 is 0 Å². The Labute approximate surface area is 119 Å². The summed E-state index contributed by atoms with van der Waals surface area (Å²) in [6.45, 7) is 5.98. The zero-order chi connectivity index (χ0) is 15.1. The number of aliphatic carboxylic acids is 1. The fraction of sp³-hybridized carbons (Fsp3) is 0.857. The Hall–Kier alpha value is -1.30. The van der Waals surface area contributed by atoms with Crippen LogP contribution in [0.3, 0.4) is 0 Å². The molecule has 0 aromatic rings. The molecule has 3 N–H and O–H groups in total. The quantitative estimate of drug-likeness (QED) is 0.803. The largest absolute Gasteiger partial charge is 0.481 e. The number of carbonyl (C=O) groups excluding carboxylic acids is 1. The monoisotopic (exact) mass is 284 g/mol. The topological polar surface area (TPSA) is 92.9 Å². The number of carbonyl (C=O) groups is 2. The molecule has 2 rings (SSSR count). The first-order valence-electron chi connectivity index (χ1n) is 7.14. The summed E-state index contributed by atoms with van der Waals surface area (Å²) in [5.74, 6) is -0.848. The minimum Gasteiger partial charge on any atom is -0.481 e. The zero-order valence-electron chi connectivity index (χ0n) is 12.4. The van der Waals surface area contributed by atoms with Gasteiger partial charge in [0, 0.05) is 12.6 Å². The second kappa shape index (κ2) is 4.91. The molecule has 2 aliphatic rings. The summed E-state index contributed by atoms with van der Waals surface area (Å²) < 4.78 is 5.39. The lowest BCUT2D eigenvalue weighted by Crippen LogP contribution is -2.61. The summed E-state index contributed by atoms with van der Waals surface area (Å²) >= 11 is 0. The Morgan fingerprint density at radius 2 is 1.95 bits per heavy atom. The average molecular weight is 284 g/mol. The van der Waals surface area contributed by atoms with Crippen LogP contribution in [0.15, 0.2) is 0 Å². The van der Waals surface area contributed by atoms with Crippen molar-refractivity contribution in [2.75, 3.05) is 6.54 Å². The first-order valence-corrected chi connectivity index (χ1v) is 7.14. The van der Waals surface area contributed by atoms with E-state index in [4.69, 9.17) is 10.5 Å². The van der Waals surface area contributed by atoms with E-state index in [0.29, 0.717) is 25.8 Å². The summed E-state index contributed by atoms with van der Waals surface area (Å²) in [6.07, 6.45) is 1.98. The maximum atomic E-state index is 12.2. The van der Waals surface area contributed by atoms with Crippen LogP contribution in [0.2, 0.25) is 0 Å². The van der Waals surface area contributed by atoms with Crippen LogP contribution in [0, 0.1) is 5.41 Å². The van der Waals surface area contributed by atoms with Crippen molar-refractivity contribution < 1.29 is 19.4 Å². The molecule has 0 radical (unpaired) electrons. The summed E-state index contributed by atoms with van der Waals surface area (Å²) in [5.41, 5.74) is 4.33. The van der Waals surface area contributed by atoms with E-state index in [2.05, 4.69) is 0 Å². The third kappa shape index (κ3) is 2.61. The van der Waals surface area contributed by atoms with Gasteiger partial charge in [-0.2, -0.15) is 0 Å². The zero-order valence-corrected chi connectivity index (χ0v) is 12.4. The summed E-state index contributed by atoms with van der Waals surface area (Å²) in [6, 6.07) is -0.373. The van der Waals surface area contributed by atoms with Gasteiger partial charge in [0.25, 0.3) is 0 Å². The van der Waals surface area contributed by atoms with Gasteiger partial charge in [-0.05, 0) is 46.5 Å². The highest BCUT2D eigenvalue weighted by molar-refractivity contribution is 5.79. The Kier molecular flexibility index (Phi) is 3.71. The van der Waals surface area contributed by atoms with E-state index in [9.17, 15) is 14.7 Å². The van der Waals surface area contributed by atoms with Gasteiger partial charge in [0.15, 0.2) is 0 Å². The van der Waals surface area contributed by atoms with E-state index >= 15 is 0 Å². The van der Waals surface area contributed by atoms with Gasteiger partial charge in [0.2, 0.25) is 0 Å². The number of rotatable bonds is 2. The number of carboxylic acids is 1. The molecular formula is C14H24N2O4. The molecule has 0 bridgehead atoms. The first-order chi connectivity index (χ1) is 9.16. The fourth-order valence-corrected chi connectivity index (χ4v) is 3.35. The number of hydrogen-bond acceptors (Lipinski definition) is 4. The molecule has 0 spiro atoms. The van der Waals surface area contributed by atoms with E-state index in [-0.39, 0.29) is 12.1 Å². The normalized spacial score (nSPS) is 33.7. The van der Waals surface area contributed by atoms with Crippen LogP contribution in [0.25, 0.3) is 0 Å². The molecule has 1 amide bonds. The maximum absolute atomic E-state index is 12.2. The molecule has 0 aromatic heterocycles. The number of carboxylic acid groups (broad SMARTS) is 1. The molecule has 6 heteroatoms. The van der Waals surface area contributed by atoms with Crippen molar-refractivity contribution in [3.8, 4) is 0 Å². The Bertz CT molecular complexity index is 410. The average Bonchev–Trinajstić information content (AvgIpc) is 2.70. The van der Waals surface area contributed by atoms with Gasteiger partial charge in [-0.15, -0.1) is 0 Å². The summed E-state index contributed by atoms with van der Waals surface area (Å²) in [4.78, 5) is 25.5. The third-order valence-electron chi connectivity index (χ3n) is 4.20. The van der Waals surface area contributed by atoms with E-state index < -0.39 is 23.1 Å². The molecule has 1 saturated carbocycles. The molecule has 1 heterocycles. The van der Waals surface area contributed by atoms with Crippen molar-refractivity contribution in [3.05, 3.63) is 0 Å². The smallest absolute Gasteiger partial charge is 0.410 e. The molecule has 6 nitrogen and oxygen atoms in total. The van der Waals surface area contributed by atoms with Crippen LogP contribution in [0.1, 0.15) is 46.5 Å². The molecule has 0 aromatic carbocycles. The molecule has 20 heavy (non-hydrogen) atoms. The number of hydrogen-bond donors (Lipinski definition) is 2. The van der Waals surface area contributed by atoms with E-state index in [1.165, 1.54) is 0 Å². The predicted molar refractivity (Wildman–Crippen MR) is 73.2 cm³/mol. The summed E-state index contributed by atoms with van der Waals surface area (Å²) in [7, 11) is 0. The van der Waals surface area contributed by atoms with Crippen molar-refractivity contribution in [1.29, 1.82) is 0 Å². The molecule has 2 fully saturated rings. The van der Waals surface area contributed by atoms with Gasteiger partial charge >= 0.3 is 12.1 Å². The van der Waals surface area contributed by atoms with Gasteiger partial charge in [-0.25, -0.2) is 4.79 Å². The third-order valence-corrected chi connectivity index (χ3v) is 4.20. The fourth-order valence-electron chi connectivity index (χ4n) is 3.35. The summed E-state index contributed by atoms with van der Waals surface area (Å²) in [5, 5.41) is 9.56. The van der Waals surface area contributed by atoms with Crippen LogP contribution < -0.4 is 5.73 Å². The Morgan fingerprint density at radius 3 is 2.40 bits per heavy atom. The lowest BCUT2D eigenvalue weighted by Gasteiger charge is -2.49. The number of likely N-dealkylation sites (tertiary alicyclic amines) is 1. The van der Waals surface area contributed by atoms with Gasteiger partial charge < -0.3 is 20.5 Å². The molecular weight excluding hydrogens is 260 g/mol. The molecule has 1 saturated heterocycles. The van der Waals surface area contributed by atoms with Crippen LogP contribution in [-0.4, -0.2) is 46.3 Å². The highest BCUT2D eigenvalue weighted by atomic mass is 16.6. The number of ether oxygens (including phenoxy) is 1. The highest BCUT2D eigenvalue weighted by Crippen LogP contribution is 2.48. The maximum Gasteiger partial charge on any atom is 0.410 e. The van der Waals surface area contributed by atoms with Crippen molar-refractivity contribution in [2.24, 2.45) is 11.1 Å². The molecule has 1 unspecified atom stereocenters. The van der Waals surface area contributed by atoms with Crippen molar-refractivity contribution in [1.82, 2.24) is 4.90 Å². The lowest BCUT2D eigenvalue weighted by atomic mass is 9.60. The van der Waals surface area contributed by atoms with Crippen molar-refractivity contribution in [2.45, 2.75) is 64.1 Å². The van der Waals surface area contributed by atoms with Crippen LogP contribution in [0.5, 0.6) is 0 Å². The van der Waals surface area contributed by atoms with E-state index in [1.54, 1.807) is 4.90 Å². The predicted octanol–water partition coefficient (Wildman–Crippen LogP) is 1.58. The number of nitrogens with two attached hydrogens (primary N) is 1. The van der Waals surface area contributed by atoms with Gasteiger partial charge in [0.05, 0.1) is 11.5 Å². The minimum absolute atomic E-state index is 0.0767. The van der Waals surface area contributed by atoms with Crippen molar-refractivity contribution >= 4 is 12.1 Å². The van der Waals surface area contributed by atoms with E-state index in [0.717, 1.165) is 6.42 Å². The minimum atomic E-state index is -0.882. The lowest BCUT2D eigenvalue weighted by molar-refractivity contribution is -0.161. The first kappa shape index (κ1) is 15.1. The molecule has 1 atom stereocenters. The standard InChI is InChI=1S/C14H24N2O4/c1-13(2,3)20-12(19)16-6-4-5-10(16)14(11(17)18)7-9(15)8-14/h9-10H,4-8,15H2,1-3H3,(H,17,18). The van der Waals surface area contributed by atoms with Crippen molar-refractivity contribution in [3.63, 3.8) is 0 Å². The SMILES string of the molecule is CC(C)(C)OC(=O)N1CCCC1C1(C(=O)O)CC(N)C1. The number of nitrogens with zero attached hydrogens (tertiary/aromatic N) is 1. The van der Waals surface area contributed by atoms with Crippen LogP contribution in [-0.2, 0) is 9.53 Å². The second-order valence-corrected chi connectivity index (χ2v) is 6.96. The number of amides is 1. The van der Waals surface area contributed by atoms with Gasteiger partial charge in [-0.1, -0.05) is 0 Å². The second-order valence-electron chi connectivity index (χ2n) is 6.96. The Morgan fingerprint density at radius 1 is 1.35 bits per heavy atom. The van der Waals surface area contributed by atoms with Crippen LogP contribution in [0.4, 0.5) is 4.79 Å². The molecule has 1 aliphatic heterocycles. The molecule has 114 valence electrons. The van der Waals surface area contributed by atoms with Gasteiger partial charge in [0.1, 0.15) is 5.60 Å². The highest BCUT2D eigenvalue weighted by Gasteiger charge is 2.58. The van der Waals surface area contributed by atoms with Gasteiger partial charge in [-0.3, -0.25) is 4.79 Å².